The average Bonchev–Trinajstić information content (AvgIpc) is 2.59. The molecule has 5 nitrogen and oxygen atoms in total. The highest BCUT2D eigenvalue weighted by Gasteiger charge is 2.08. The standard InChI is InChI=1S/C19H18N2O3S/c1-25(23,24)21-17-11-9-15(10-12-17)19(22)20-13-16-7-4-6-14-5-2-3-8-18(14)16/h2-12,21H,13H2,1H3,(H,20,22). The molecule has 0 bridgehead atoms. The molecule has 25 heavy (non-hydrogen) atoms. The zero-order valence-electron chi connectivity index (χ0n) is 13.7. The minimum absolute atomic E-state index is 0.209. The van der Waals surface area contributed by atoms with Gasteiger partial charge in [0.1, 0.15) is 0 Å². The summed E-state index contributed by atoms with van der Waals surface area (Å²) < 4.78 is 24.8. The molecule has 128 valence electrons. The molecule has 0 heterocycles. The van der Waals surface area contributed by atoms with Crippen LogP contribution in [0.4, 0.5) is 5.69 Å². The van der Waals surface area contributed by atoms with Crippen LogP contribution in [-0.4, -0.2) is 20.6 Å². The quantitative estimate of drug-likeness (QED) is 0.739. The molecule has 1 amide bonds. The van der Waals surface area contributed by atoms with Crippen LogP contribution in [-0.2, 0) is 16.6 Å². The molecule has 0 aliphatic carbocycles. The zero-order valence-corrected chi connectivity index (χ0v) is 14.5. The van der Waals surface area contributed by atoms with Gasteiger partial charge in [-0.3, -0.25) is 9.52 Å². The third-order valence-corrected chi connectivity index (χ3v) is 4.38. The van der Waals surface area contributed by atoms with Crippen molar-refractivity contribution in [2.24, 2.45) is 0 Å². The number of amides is 1. The number of anilines is 1. The summed E-state index contributed by atoms with van der Waals surface area (Å²) >= 11 is 0. The van der Waals surface area contributed by atoms with Crippen LogP contribution in [0, 0.1) is 0 Å². The first-order chi connectivity index (χ1) is 11.9. The second kappa shape index (κ2) is 6.94. The fourth-order valence-corrected chi connectivity index (χ4v) is 3.19. The topological polar surface area (TPSA) is 75.3 Å². The van der Waals surface area contributed by atoms with Crippen molar-refractivity contribution in [3.63, 3.8) is 0 Å². The maximum atomic E-state index is 12.3. The van der Waals surface area contributed by atoms with Crippen molar-refractivity contribution >= 4 is 32.4 Å². The summed E-state index contributed by atoms with van der Waals surface area (Å²) in [5.41, 5.74) is 1.94. The Morgan fingerprint density at radius 2 is 1.60 bits per heavy atom. The summed E-state index contributed by atoms with van der Waals surface area (Å²) in [6.45, 7) is 0.420. The molecule has 0 aromatic heterocycles. The number of rotatable bonds is 5. The number of sulfonamides is 1. The SMILES string of the molecule is CS(=O)(=O)Nc1ccc(C(=O)NCc2cccc3ccccc23)cc1. The van der Waals surface area contributed by atoms with Gasteiger partial charge in [-0.05, 0) is 40.6 Å². The fraction of sp³-hybridized carbons (Fsp3) is 0.105. The molecule has 3 rings (SSSR count). The Balaban J connectivity index is 1.70. The summed E-state index contributed by atoms with van der Waals surface area (Å²) in [6.07, 6.45) is 1.08. The first-order valence-electron chi connectivity index (χ1n) is 7.75. The number of hydrogen-bond donors (Lipinski definition) is 2. The van der Waals surface area contributed by atoms with Gasteiger partial charge in [-0.2, -0.15) is 0 Å². The summed E-state index contributed by atoms with van der Waals surface area (Å²) in [7, 11) is -3.33. The number of nitrogens with one attached hydrogen (secondary N) is 2. The van der Waals surface area contributed by atoms with Gasteiger partial charge in [0.25, 0.3) is 5.91 Å². The summed E-state index contributed by atoms with van der Waals surface area (Å²) in [5, 5.41) is 5.14. The lowest BCUT2D eigenvalue weighted by atomic mass is 10.0. The van der Waals surface area contributed by atoms with Crippen LogP contribution >= 0.6 is 0 Å². The van der Waals surface area contributed by atoms with Crippen molar-refractivity contribution in [2.45, 2.75) is 6.54 Å². The van der Waals surface area contributed by atoms with Gasteiger partial charge in [-0.15, -0.1) is 0 Å². The first kappa shape index (κ1) is 17.0. The Morgan fingerprint density at radius 1 is 0.920 bits per heavy atom. The van der Waals surface area contributed by atoms with Crippen LogP contribution in [0.15, 0.2) is 66.7 Å². The monoisotopic (exact) mass is 354 g/mol. The van der Waals surface area contributed by atoms with E-state index in [2.05, 4.69) is 10.0 Å². The van der Waals surface area contributed by atoms with E-state index in [1.165, 1.54) is 0 Å². The second-order valence-electron chi connectivity index (χ2n) is 5.77. The number of hydrogen-bond acceptors (Lipinski definition) is 3. The first-order valence-corrected chi connectivity index (χ1v) is 9.64. The van der Waals surface area contributed by atoms with E-state index < -0.39 is 10.0 Å². The summed E-state index contributed by atoms with van der Waals surface area (Å²) in [6, 6.07) is 20.3. The minimum atomic E-state index is -3.33. The van der Waals surface area contributed by atoms with Crippen LogP contribution in [0.2, 0.25) is 0 Å². The van der Waals surface area contributed by atoms with Crippen molar-refractivity contribution in [2.75, 3.05) is 11.0 Å². The van der Waals surface area contributed by atoms with Gasteiger partial charge >= 0.3 is 0 Å². The van der Waals surface area contributed by atoms with Gasteiger partial charge < -0.3 is 5.32 Å². The Morgan fingerprint density at radius 3 is 2.32 bits per heavy atom. The molecule has 0 radical (unpaired) electrons. The molecule has 0 atom stereocenters. The van der Waals surface area contributed by atoms with Gasteiger partial charge in [-0.1, -0.05) is 42.5 Å². The molecular weight excluding hydrogens is 336 g/mol. The van der Waals surface area contributed by atoms with E-state index in [9.17, 15) is 13.2 Å². The predicted octanol–water partition coefficient (Wildman–Crippen LogP) is 3.14. The van der Waals surface area contributed by atoms with Crippen LogP contribution in [0.25, 0.3) is 10.8 Å². The van der Waals surface area contributed by atoms with Crippen LogP contribution in [0.5, 0.6) is 0 Å². The van der Waals surface area contributed by atoms with Crippen molar-refractivity contribution in [3.05, 3.63) is 77.9 Å². The maximum absolute atomic E-state index is 12.3. The molecule has 2 N–H and O–H groups in total. The minimum Gasteiger partial charge on any atom is -0.348 e. The van der Waals surface area contributed by atoms with Crippen molar-refractivity contribution in [3.8, 4) is 0 Å². The molecule has 0 saturated carbocycles. The summed E-state index contributed by atoms with van der Waals surface area (Å²) in [4.78, 5) is 12.3. The van der Waals surface area contributed by atoms with Crippen molar-refractivity contribution < 1.29 is 13.2 Å². The number of carbonyl (C=O) groups is 1. The Labute approximate surface area is 146 Å². The van der Waals surface area contributed by atoms with E-state index in [1.54, 1.807) is 24.3 Å². The molecule has 3 aromatic rings. The molecule has 0 spiro atoms. The fourth-order valence-electron chi connectivity index (χ4n) is 2.63. The van der Waals surface area contributed by atoms with E-state index in [0.29, 0.717) is 17.8 Å². The lowest BCUT2D eigenvalue weighted by molar-refractivity contribution is 0.0951. The molecular formula is C19H18N2O3S. The number of carbonyl (C=O) groups excluding carboxylic acids is 1. The van der Waals surface area contributed by atoms with Crippen molar-refractivity contribution in [1.82, 2.24) is 5.32 Å². The Bertz CT molecular complexity index is 1010. The van der Waals surface area contributed by atoms with Crippen LogP contribution < -0.4 is 10.0 Å². The third kappa shape index (κ3) is 4.36. The average molecular weight is 354 g/mol. The highest BCUT2D eigenvalue weighted by atomic mass is 32.2. The van der Waals surface area contributed by atoms with Gasteiger partial charge in [0.05, 0.1) is 6.26 Å². The Hall–Kier alpha value is -2.86. The molecule has 3 aromatic carbocycles. The van der Waals surface area contributed by atoms with Gasteiger partial charge in [-0.25, -0.2) is 8.42 Å². The van der Waals surface area contributed by atoms with Crippen LogP contribution in [0.3, 0.4) is 0 Å². The molecule has 0 aliphatic rings. The van der Waals surface area contributed by atoms with E-state index >= 15 is 0 Å². The predicted molar refractivity (Wildman–Crippen MR) is 100 cm³/mol. The number of benzene rings is 3. The maximum Gasteiger partial charge on any atom is 0.251 e. The van der Waals surface area contributed by atoms with Gasteiger partial charge in [0.2, 0.25) is 10.0 Å². The third-order valence-electron chi connectivity index (χ3n) is 3.77. The zero-order chi connectivity index (χ0) is 17.9. The lowest BCUT2D eigenvalue weighted by Crippen LogP contribution is -2.22. The lowest BCUT2D eigenvalue weighted by Gasteiger charge is -2.09. The highest BCUT2D eigenvalue weighted by Crippen LogP contribution is 2.18. The molecule has 0 saturated heterocycles. The largest absolute Gasteiger partial charge is 0.348 e. The highest BCUT2D eigenvalue weighted by molar-refractivity contribution is 7.92. The van der Waals surface area contributed by atoms with E-state index in [0.717, 1.165) is 22.6 Å². The molecule has 0 unspecified atom stereocenters. The van der Waals surface area contributed by atoms with Crippen molar-refractivity contribution in [1.29, 1.82) is 0 Å². The van der Waals surface area contributed by atoms with Crippen LogP contribution in [0.1, 0.15) is 15.9 Å². The molecule has 0 fully saturated rings. The molecule has 6 heteroatoms. The second-order valence-corrected chi connectivity index (χ2v) is 7.52. The normalized spacial score (nSPS) is 11.2. The van der Waals surface area contributed by atoms with E-state index in [-0.39, 0.29) is 5.91 Å². The smallest absolute Gasteiger partial charge is 0.251 e. The van der Waals surface area contributed by atoms with E-state index in [1.807, 2.05) is 42.5 Å². The molecule has 0 aliphatic heterocycles. The van der Waals surface area contributed by atoms with Gasteiger partial charge in [0, 0.05) is 17.8 Å². The Kier molecular flexibility index (Phi) is 4.72. The van der Waals surface area contributed by atoms with Gasteiger partial charge in [0.15, 0.2) is 0 Å². The summed E-state index contributed by atoms with van der Waals surface area (Å²) in [5.74, 6) is -0.209. The van der Waals surface area contributed by atoms with E-state index in [4.69, 9.17) is 0 Å². The number of fused-ring (bicyclic) bond motifs is 1.